The van der Waals surface area contributed by atoms with Crippen molar-refractivity contribution in [2.75, 3.05) is 6.16 Å². The molecule has 0 aliphatic heterocycles. The first-order valence-corrected chi connectivity index (χ1v) is 7.89. The number of rotatable bonds is 6. The van der Waals surface area contributed by atoms with Gasteiger partial charge in [0.15, 0.2) is 0 Å². The molecule has 0 saturated heterocycles. The highest BCUT2D eigenvalue weighted by molar-refractivity contribution is 7.83. The van der Waals surface area contributed by atoms with Gasteiger partial charge in [-0.05, 0) is 25.4 Å². The van der Waals surface area contributed by atoms with E-state index in [1.807, 2.05) is 0 Å². The minimum Gasteiger partial charge on any atom is -0.0961 e. The van der Waals surface area contributed by atoms with Crippen molar-refractivity contribution < 1.29 is 0 Å². The molecule has 1 aromatic carbocycles. The van der Waals surface area contributed by atoms with Gasteiger partial charge in [0.25, 0.3) is 0 Å². The molecule has 14 heavy (non-hydrogen) atoms. The van der Waals surface area contributed by atoms with Crippen molar-refractivity contribution in [1.82, 2.24) is 0 Å². The largest absolute Gasteiger partial charge is 0.0961 e. The average molecular weight is 229 g/mol. The van der Waals surface area contributed by atoms with E-state index in [-0.39, 0.29) is 7.27 Å². The lowest BCUT2D eigenvalue weighted by Crippen LogP contribution is -1.85. The lowest BCUT2D eigenvalue weighted by atomic mass is 10.2. The monoisotopic (exact) mass is 228 g/mol. The standard InChI is InChI=1S/C12H18ClP/c1-2-3-7-10-14(13)11-12-8-5-4-6-9-12/h4-6,8-9H,2-3,7,10-11H2,1H3. The van der Waals surface area contributed by atoms with E-state index in [0.29, 0.717) is 0 Å². The Morgan fingerprint density at radius 2 is 1.86 bits per heavy atom. The Kier molecular flexibility index (Phi) is 6.23. The molecule has 0 spiro atoms. The molecule has 1 atom stereocenters. The number of halogens is 1. The number of hydrogen-bond acceptors (Lipinski definition) is 0. The summed E-state index contributed by atoms with van der Waals surface area (Å²) in [6.45, 7) is 2.23. The number of unbranched alkanes of at least 4 members (excludes halogenated alkanes) is 2. The van der Waals surface area contributed by atoms with E-state index in [2.05, 4.69) is 37.3 Å². The molecule has 78 valence electrons. The van der Waals surface area contributed by atoms with Crippen LogP contribution in [0.25, 0.3) is 0 Å². The summed E-state index contributed by atoms with van der Waals surface area (Å²) in [4.78, 5) is 0. The van der Waals surface area contributed by atoms with Crippen molar-refractivity contribution in [1.29, 1.82) is 0 Å². The SMILES string of the molecule is CCCCCP(Cl)Cc1ccccc1. The van der Waals surface area contributed by atoms with Crippen LogP contribution in [0, 0.1) is 0 Å². The van der Waals surface area contributed by atoms with Crippen molar-refractivity contribution in [2.45, 2.75) is 32.3 Å². The fourth-order valence-electron chi connectivity index (χ4n) is 1.39. The third-order valence-electron chi connectivity index (χ3n) is 2.20. The van der Waals surface area contributed by atoms with E-state index >= 15 is 0 Å². The second kappa shape index (κ2) is 7.26. The van der Waals surface area contributed by atoms with Gasteiger partial charge < -0.3 is 0 Å². The normalized spacial score (nSPS) is 12.7. The molecule has 0 fully saturated rings. The van der Waals surface area contributed by atoms with E-state index in [0.717, 1.165) is 6.16 Å². The van der Waals surface area contributed by atoms with Gasteiger partial charge in [0.2, 0.25) is 0 Å². The van der Waals surface area contributed by atoms with Crippen molar-refractivity contribution in [3.8, 4) is 0 Å². The molecule has 1 rings (SSSR count). The highest BCUT2D eigenvalue weighted by atomic mass is 35.7. The van der Waals surface area contributed by atoms with Crippen LogP contribution in [0.1, 0.15) is 31.7 Å². The van der Waals surface area contributed by atoms with E-state index in [1.54, 1.807) is 0 Å². The lowest BCUT2D eigenvalue weighted by molar-refractivity contribution is 0.776. The summed E-state index contributed by atoms with van der Waals surface area (Å²) in [5, 5.41) is 0. The molecule has 0 aliphatic rings. The van der Waals surface area contributed by atoms with E-state index in [1.165, 1.54) is 31.0 Å². The molecule has 0 aromatic heterocycles. The van der Waals surface area contributed by atoms with Crippen LogP contribution in [-0.4, -0.2) is 6.16 Å². The summed E-state index contributed by atoms with van der Waals surface area (Å²) in [7, 11) is -0.296. The second-order valence-electron chi connectivity index (χ2n) is 3.54. The van der Waals surface area contributed by atoms with Crippen molar-refractivity contribution in [2.24, 2.45) is 0 Å². The van der Waals surface area contributed by atoms with Gasteiger partial charge in [-0.15, -0.1) is 0 Å². The molecular formula is C12H18ClP. The third kappa shape index (κ3) is 4.98. The third-order valence-corrected chi connectivity index (χ3v) is 4.58. The molecule has 0 heterocycles. The Hall–Kier alpha value is -0.0600. The van der Waals surface area contributed by atoms with Gasteiger partial charge >= 0.3 is 0 Å². The first-order chi connectivity index (χ1) is 6.83. The molecule has 0 radical (unpaired) electrons. The summed E-state index contributed by atoms with van der Waals surface area (Å²) in [6.07, 6.45) is 6.17. The Balaban J connectivity index is 2.23. The topological polar surface area (TPSA) is 0 Å². The van der Waals surface area contributed by atoms with E-state index < -0.39 is 0 Å². The predicted octanol–water partition coefficient (Wildman–Crippen LogP) is 5.01. The fraction of sp³-hybridized carbons (Fsp3) is 0.500. The van der Waals surface area contributed by atoms with Crippen LogP contribution in [0.4, 0.5) is 0 Å². The lowest BCUT2D eigenvalue weighted by Gasteiger charge is -2.08. The van der Waals surface area contributed by atoms with Crippen LogP contribution in [-0.2, 0) is 6.16 Å². The average Bonchev–Trinajstić information content (AvgIpc) is 2.20. The van der Waals surface area contributed by atoms with Crippen LogP contribution >= 0.6 is 18.5 Å². The minimum absolute atomic E-state index is 0.296. The van der Waals surface area contributed by atoms with E-state index in [4.69, 9.17) is 11.2 Å². The van der Waals surface area contributed by atoms with Gasteiger partial charge in [-0.25, -0.2) is 0 Å². The first kappa shape index (κ1) is 12.0. The summed E-state index contributed by atoms with van der Waals surface area (Å²) in [5.41, 5.74) is 1.38. The molecular weight excluding hydrogens is 211 g/mol. The second-order valence-corrected chi connectivity index (χ2v) is 6.66. The van der Waals surface area contributed by atoms with Crippen LogP contribution in [0.3, 0.4) is 0 Å². The molecule has 0 saturated carbocycles. The summed E-state index contributed by atoms with van der Waals surface area (Å²) < 4.78 is 0. The Morgan fingerprint density at radius 3 is 2.50 bits per heavy atom. The van der Waals surface area contributed by atoms with Crippen molar-refractivity contribution in [3.63, 3.8) is 0 Å². The van der Waals surface area contributed by atoms with Crippen molar-refractivity contribution >= 4 is 18.5 Å². The first-order valence-electron chi connectivity index (χ1n) is 5.27. The summed E-state index contributed by atoms with van der Waals surface area (Å²) >= 11 is 6.32. The predicted molar refractivity (Wildman–Crippen MR) is 67.3 cm³/mol. The van der Waals surface area contributed by atoms with Gasteiger partial charge in [0.05, 0.1) is 0 Å². The van der Waals surface area contributed by atoms with E-state index in [9.17, 15) is 0 Å². The summed E-state index contributed by atoms with van der Waals surface area (Å²) in [5.74, 6) is 0. The number of hydrogen-bond donors (Lipinski definition) is 0. The van der Waals surface area contributed by atoms with Gasteiger partial charge in [-0.1, -0.05) is 61.3 Å². The molecule has 0 nitrogen and oxygen atoms in total. The zero-order valence-corrected chi connectivity index (χ0v) is 10.4. The Morgan fingerprint density at radius 1 is 1.14 bits per heavy atom. The number of benzene rings is 1. The van der Waals surface area contributed by atoms with Crippen LogP contribution in [0.5, 0.6) is 0 Å². The molecule has 2 heteroatoms. The van der Waals surface area contributed by atoms with Crippen LogP contribution in [0.15, 0.2) is 30.3 Å². The maximum Gasteiger partial charge on any atom is 0.00658 e. The molecule has 0 aliphatic carbocycles. The Labute approximate surface area is 93.2 Å². The van der Waals surface area contributed by atoms with Crippen LogP contribution in [0.2, 0.25) is 0 Å². The maximum atomic E-state index is 6.32. The molecule has 0 N–H and O–H groups in total. The van der Waals surface area contributed by atoms with Gasteiger partial charge in [0.1, 0.15) is 0 Å². The molecule has 1 unspecified atom stereocenters. The van der Waals surface area contributed by atoms with Crippen molar-refractivity contribution in [3.05, 3.63) is 35.9 Å². The molecule has 1 aromatic rings. The smallest absolute Gasteiger partial charge is 0.00658 e. The van der Waals surface area contributed by atoms with Gasteiger partial charge in [-0.3, -0.25) is 0 Å². The fourth-order valence-corrected chi connectivity index (χ4v) is 3.50. The summed E-state index contributed by atoms with van der Waals surface area (Å²) in [6, 6.07) is 10.6. The zero-order valence-electron chi connectivity index (χ0n) is 8.75. The molecule has 0 bridgehead atoms. The van der Waals surface area contributed by atoms with Gasteiger partial charge in [0, 0.05) is 6.16 Å². The highest BCUT2D eigenvalue weighted by Gasteiger charge is 2.04. The zero-order chi connectivity index (χ0) is 10.2. The quantitative estimate of drug-likeness (QED) is 0.474. The highest BCUT2D eigenvalue weighted by Crippen LogP contribution is 2.45. The van der Waals surface area contributed by atoms with Crippen LogP contribution < -0.4 is 0 Å². The molecule has 0 amide bonds. The Bertz CT molecular complexity index is 235. The maximum absolute atomic E-state index is 6.32. The minimum atomic E-state index is -0.296. The van der Waals surface area contributed by atoms with Gasteiger partial charge in [-0.2, -0.15) is 0 Å².